The maximum atomic E-state index is 6.09. The van der Waals surface area contributed by atoms with Gasteiger partial charge in [-0.15, -0.1) is 23.2 Å². The predicted molar refractivity (Wildman–Crippen MR) is 46.3 cm³/mol. The lowest BCUT2D eigenvalue weighted by molar-refractivity contribution is 0.294. The van der Waals surface area contributed by atoms with Crippen molar-refractivity contribution in [2.75, 3.05) is 0 Å². The zero-order chi connectivity index (χ0) is 8.28. The molecule has 0 N–H and O–H groups in total. The molecule has 0 radical (unpaired) electrons. The molecule has 1 aliphatic heterocycles. The summed E-state index contributed by atoms with van der Waals surface area (Å²) in [6, 6.07) is 0. The Balaban J connectivity index is 2.21. The van der Waals surface area contributed by atoms with Gasteiger partial charge in [0.05, 0.1) is 0 Å². The molecule has 2 aliphatic rings. The highest BCUT2D eigenvalue weighted by molar-refractivity contribution is 6.49. The van der Waals surface area contributed by atoms with Crippen molar-refractivity contribution in [2.24, 2.45) is 5.92 Å². The van der Waals surface area contributed by atoms with Gasteiger partial charge in [0.2, 0.25) is 0 Å². The molecule has 1 saturated carbocycles. The van der Waals surface area contributed by atoms with E-state index in [-0.39, 0.29) is 12.0 Å². The number of alkyl halides is 3. The zero-order valence-electron chi connectivity index (χ0n) is 6.11. The van der Waals surface area contributed by atoms with E-state index in [2.05, 4.69) is 0 Å². The van der Waals surface area contributed by atoms with E-state index >= 15 is 0 Å². The molecule has 3 unspecified atom stereocenters. The van der Waals surface area contributed by atoms with E-state index in [9.17, 15) is 0 Å². The highest BCUT2D eigenvalue weighted by Crippen LogP contribution is 2.60. The summed E-state index contributed by atoms with van der Waals surface area (Å²) in [5, 5.41) is -0.554. The third-order valence-electron chi connectivity index (χ3n) is 2.67. The first-order valence-electron chi connectivity index (χ1n) is 3.71. The monoisotopic (exact) mass is 214 g/mol. The van der Waals surface area contributed by atoms with Gasteiger partial charge in [-0.2, -0.15) is 0 Å². The van der Waals surface area contributed by atoms with Gasteiger partial charge in [-0.05, 0) is 12.8 Å². The lowest BCUT2D eigenvalue weighted by Gasteiger charge is -2.32. The first-order valence-corrected chi connectivity index (χ1v) is 4.85. The Morgan fingerprint density at radius 1 is 1.36 bits per heavy atom. The van der Waals surface area contributed by atoms with Gasteiger partial charge >= 0.3 is 0 Å². The van der Waals surface area contributed by atoms with E-state index in [0.717, 1.165) is 12.8 Å². The minimum Gasteiger partial charge on any atom is -0.349 e. The summed E-state index contributed by atoms with van der Waals surface area (Å²) in [5.41, 5.74) is 0. The van der Waals surface area contributed by atoms with Gasteiger partial charge < -0.3 is 4.74 Å². The first-order chi connectivity index (χ1) is 4.97. The van der Waals surface area contributed by atoms with Crippen molar-refractivity contribution in [3.05, 3.63) is 0 Å². The molecule has 2 rings (SSSR count). The van der Waals surface area contributed by atoms with Crippen LogP contribution in [0.1, 0.15) is 19.8 Å². The van der Waals surface area contributed by atoms with Crippen molar-refractivity contribution < 1.29 is 4.74 Å². The fourth-order valence-corrected chi connectivity index (χ4v) is 2.71. The molecule has 0 spiro atoms. The molecule has 1 heterocycles. The van der Waals surface area contributed by atoms with E-state index in [0.29, 0.717) is 0 Å². The second kappa shape index (κ2) is 2.20. The molecule has 0 aromatic heterocycles. The molecular weight excluding hydrogens is 206 g/mol. The van der Waals surface area contributed by atoms with Crippen LogP contribution < -0.4 is 0 Å². The van der Waals surface area contributed by atoms with E-state index in [1.54, 1.807) is 0 Å². The Bertz CT molecular complexity index is 189. The third-order valence-corrected chi connectivity index (χ3v) is 4.36. The Labute approximate surface area is 80.9 Å². The molecule has 0 aromatic rings. The molecule has 4 heteroatoms. The summed E-state index contributed by atoms with van der Waals surface area (Å²) in [4.78, 5) is 0. The van der Waals surface area contributed by atoms with Gasteiger partial charge in [0, 0.05) is 5.92 Å². The summed E-state index contributed by atoms with van der Waals surface area (Å²) in [6.07, 6.45) is 1.84. The molecule has 1 saturated heterocycles. The van der Waals surface area contributed by atoms with Gasteiger partial charge in [-0.1, -0.05) is 18.5 Å². The third kappa shape index (κ3) is 1.09. The molecule has 11 heavy (non-hydrogen) atoms. The standard InChI is InChI=1S/C7H9Cl3O/c1-4-6(8,9)3-2-5-7(4,10)11-5/h4-5H,2-3H2,1H3. The summed E-state index contributed by atoms with van der Waals surface area (Å²) >= 11 is 18.2. The number of hydrogen-bond acceptors (Lipinski definition) is 1. The largest absolute Gasteiger partial charge is 0.349 e. The number of halogens is 3. The number of ether oxygens (including phenoxy) is 1. The van der Waals surface area contributed by atoms with Crippen molar-refractivity contribution in [2.45, 2.75) is 35.3 Å². The van der Waals surface area contributed by atoms with Crippen molar-refractivity contribution in [3.8, 4) is 0 Å². The first kappa shape index (κ1) is 8.43. The van der Waals surface area contributed by atoms with Crippen molar-refractivity contribution in [1.29, 1.82) is 0 Å². The summed E-state index contributed by atoms with van der Waals surface area (Å²) in [6.45, 7) is 1.94. The number of rotatable bonds is 0. The van der Waals surface area contributed by atoms with Gasteiger partial charge in [0.15, 0.2) is 5.06 Å². The highest BCUT2D eigenvalue weighted by Gasteiger charge is 2.66. The van der Waals surface area contributed by atoms with Crippen LogP contribution in [0.2, 0.25) is 0 Å². The van der Waals surface area contributed by atoms with Crippen LogP contribution in [-0.2, 0) is 4.74 Å². The molecule has 3 atom stereocenters. The molecule has 1 nitrogen and oxygen atoms in total. The van der Waals surface area contributed by atoms with Crippen LogP contribution in [0.3, 0.4) is 0 Å². The maximum Gasteiger partial charge on any atom is 0.173 e. The summed E-state index contributed by atoms with van der Waals surface area (Å²) in [5.74, 6) is 0.0127. The van der Waals surface area contributed by atoms with E-state index in [1.165, 1.54) is 0 Å². The van der Waals surface area contributed by atoms with Crippen LogP contribution in [-0.4, -0.2) is 15.5 Å². The smallest absolute Gasteiger partial charge is 0.173 e. The number of hydrogen-bond donors (Lipinski definition) is 0. The Hall–Kier alpha value is 0.830. The molecule has 64 valence electrons. The Morgan fingerprint density at radius 3 is 2.55 bits per heavy atom. The van der Waals surface area contributed by atoms with Crippen molar-refractivity contribution in [1.82, 2.24) is 0 Å². The molecular formula is C7H9Cl3O. The van der Waals surface area contributed by atoms with Gasteiger partial charge in [0.1, 0.15) is 10.4 Å². The SMILES string of the molecule is CC1C(Cl)(Cl)CCC2OC21Cl. The minimum atomic E-state index is -0.700. The lowest BCUT2D eigenvalue weighted by Crippen LogP contribution is -2.38. The quantitative estimate of drug-likeness (QED) is 0.447. The summed E-state index contributed by atoms with van der Waals surface area (Å²) in [7, 11) is 0. The van der Waals surface area contributed by atoms with Crippen LogP contribution in [0.5, 0.6) is 0 Å². The highest BCUT2D eigenvalue weighted by atomic mass is 35.5. The number of epoxide rings is 1. The average Bonchev–Trinajstić information content (AvgIpc) is 2.57. The topological polar surface area (TPSA) is 12.5 Å². The van der Waals surface area contributed by atoms with E-state index in [4.69, 9.17) is 39.5 Å². The second-order valence-corrected chi connectivity index (χ2v) is 5.46. The van der Waals surface area contributed by atoms with Crippen LogP contribution in [0.15, 0.2) is 0 Å². The van der Waals surface area contributed by atoms with Gasteiger partial charge in [0.25, 0.3) is 0 Å². The van der Waals surface area contributed by atoms with Crippen molar-refractivity contribution in [3.63, 3.8) is 0 Å². The average molecular weight is 216 g/mol. The molecule has 2 fully saturated rings. The second-order valence-electron chi connectivity index (χ2n) is 3.33. The lowest BCUT2D eigenvalue weighted by atomic mass is 9.89. The van der Waals surface area contributed by atoms with Crippen LogP contribution in [0, 0.1) is 5.92 Å². The summed E-state index contributed by atoms with van der Waals surface area (Å²) < 4.78 is 4.61. The Morgan fingerprint density at radius 2 is 2.00 bits per heavy atom. The van der Waals surface area contributed by atoms with Gasteiger partial charge in [-0.3, -0.25) is 0 Å². The fourth-order valence-electron chi connectivity index (χ4n) is 1.65. The molecule has 1 aliphatic carbocycles. The Kier molecular flexibility index (Phi) is 1.68. The molecule has 0 aromatic carbocycles. The van der Waals surface area contributed by atoms with E-state index in [1.807, 2.05) is 6.92 Å². The molecule has 0 bridgehead atoms. The fraction of sp³-hybridized carbons (Fsp3) is 1.00. The minimum absolute atomic E-state index is 0.0127. The van der Waals surface area contributed by atoms with Crippen LogP contribution >= 0.6 is 34.8 Å². The van der Waals surface area contributed by atoms with Gasteiger partial charge in [-0.25, -0.2) is 0 Å². The van der Waals surface area contributed by atoms with Crippen LogP contribution in [0.4, 0.5) is 0 Å². The van der Waals surface area contributed by atoms with Crippen molar-refractivity contribution >= 4 is 34.8 Å². The number of fused-ring (bicyclic) bond motifs is 1. The molecule has 0 amide bonds. The predicted octanol–water partition coefficient (Wildman–Crippen LogP) is 2.92. The maximum absolute atomic E-state index is 6.09. The van der Waals surface area contributed by atoms with Crippen LogP contribution in [0.25, 0.3) is 0 Å². The van der Waals surface area contributed by atoms with E-state index < -0.39 is 9.39 Å². The normalized spacial score (nSPS) is 53.5. The zero-order valence-corrected chi connectivity index (χ0v) is 8.38.